The third-order valence-corrected chi connectivity index (χ3v) is 3.32. The molecule has 1 atom stereocenters. The molecule has 0 radical (unpaired) electrons. The van der Waals surface area contributed by atoms with Gasteiger partial charge < -0.3 is 41.1 Å². The van der Waals surface area contributed by atoms with Gasteiger partial charge in [-0.3, -0.25) is 14.4 Å². The van der Waals surface area contributed by atoms with Crippen LogP contribution in [0.1, 0.15) is 33.1 Å². The number of nitrogens with one attached hydrogen (secondary N) is 1. The summed E-state index contributed by atoms with van der Waals surface area (Å²) in [4.78, 5) is 41.8. The maximum absolute atomic E-state index is 11.3. The van der Waals surface area contributed by atoms with Crippen LogP contribution >= 0.6 is 0 Å². The van der Waals surface area contributed by atoms with Crippen LogP contribution < -0.4 is 5.32 Å². The van der Waals surface area contributed by atoms with Crippen LogP contribution in [0.3, 0.4) is 0 Å². The third-order valence-electron chi connectivity index (χ3n) is 3.32. The van der Waals surface area contributed by atoms with Crippen LogP contribution in [0, 0.1) is 5.41 Å². The first-order valence-corrected chi connectivity index (χ1v) is 7.80. The Bertz CT molecular complexity index is 502. The number of amides is 1. The fourth-order valence-corrected chi connectivity index (χ4v) is 1.54. The van der Waals surface area contributed by atoms with Crippen molar-refractivity contribution >= 4 is 23.8 Å². The highest BCUT2D eigenvalue weighted by atomic mass is 16.4. The monoisotopic (exact) mass is 397 g/mol. The topological polar surface area (TPSA) is 222 Å². The minimum Gasteiger partial charge on any atom is -0.481 e. The molecule has 0 spiro atoms. The molecular weight excluding hydrogens is 370 g/mol. The molecule has 0 rings (SSSR count). The molecule has 0 bridgehead atoms. The summed E-state index contributed by atoms with van der Waals surface area (Å²) in [6.07, 6.45) is -3.06. The summed E-state index contributed by atoms with van der Waals surface area (Å²) in [5, 5.41) is 63.2. The second kappa shape index (κ2) is 12.2. The molecule has 0 aromatic carbocycles. The highest BCUT2D eigenvalue weighted by molar-refractivity contribution is 5.88. The van der Waals surface area contributed by atoms with E-state index in [0.717, 1.165) is 0 Å². The molecule has 0 aliphatic heterocycles. The fourth-order valence-electron chi connectivity index (χ4n) is 1.54. The molecule has 12 nitrogen and oxygen atoms in total. The number of hydrogen-bond acceptors (Lipinski definition) is 8. The third kappa shape index (κ3) is 11.1. The normalized spacial score (nSPS) is 12.4. The predicted molar refractivity (Wildman–Crippen MR) is 88.7 cm³/mol. The Kier molecular flexibility index (Phi) is 12.1. The molecule has 0 heterocycles. The van der Waals surface area contributed by atoms with E-state index in [-0.39, 0.29) is 13.2 Å². The quantitative estimate of drug-likeness (QED) is 0.172. The van der Waals surface area contributed by atoms with Crippen molar-refractivity contribution in [3.05, 3.63) is 0 Å². The van der Waals surface area contributed by atoms with Crippen LogP contribution in [-0.2, 0) is 19.2 Å². The van der Waals surface area contributed by atoms with Gasteiger partial charge in [-0.15, -0.1) is 0 Å². The molecule has 1 amide bonds. The zero-order valence-electron chi connectivity index (χ0n) is 15.1. The van der Waals surface area contributed by atoms with Crippen molar-refractivity contribution < 1.29 is 54.9 Å². The van der Waals surface area contributed by atoms with Crippen molar-refractivity contribution in [3.8, 4) is 0 Å². The molecule has 12 heteroatoms. The highest BCUT2D eigenvalue weighted by Crippen LogP contribution is 2.19. The molecule has 8 N–H and O–H groups in total. The fraction of sp³-hybridized carbons (Fsp3) is 0.733. The number of carboxylic acid groups (broad SMARTS) is 3. The average molecular weight is 397 g/mol. The van der Waals surface area contributed by atoms with E-state index in [1.165, 1.54) is 0 Å². The Morgan fingerprint density at radius 1 is 0.963 bits per heavy atom. The summed E-state index contributed by atoms with van der Waals surface area (Å²) in [6.45, 7) is 3.27. The number of aliphatic carboxylic acids is 3. The van der Waals surface area contributed by atoms with Gasteiger partial charge in [0.25, 0.3) is 0 Å². The number of carbonyl (C=O) groups is 4. The van der Waals surface area contributed by atoms with Gasteiger partial charge in [-0.1, -0.05) is 13.8 Å². The average Bonchev–Trinajstić information content (AvgIpc) is 2.53. The zero-order valence-corrected chi connectivity index (χ0v) is 15.1. The Labute approximate surface area is 155 Å². The largest absolute Gasteiger partial charge is 0.481 e. The van der Waals surface area contributed by atoms with Crippen molar-refractivity contribution in [1.29, 1.82) is 0 Å². The van der Waals surface area contributed by atoms with E-state index in [1.54, 1.807) is 13.8 Å². The minimum atomic E-state index is -2.74. The summed E-state index contributed by atoms with van der Waals surface area (Å²) >= 11 is 0. The first kappa shape index (κ1) is 26.9. The van der Waals surface area contributed by atoms with Crippen LogP contribution in [0.25, 0.3) is 0 Å². The molecule has 158 valence electrons. The van der Waals surface area contributed by atoms with Gasteiger partial charge in [0.15, 0.2) is 5.60 Å². The van der Waals surface area contributed by atoms with Crippen LogP contribution in [-0.4, -0.2) is 91.0 Å². The molecule has 27 heavy (non-hydrogen) atoms. The summed E-state index contributed by atoms with van der Waals surface area (Å²) in [6, 6.07) is 0. The molecule has 0 aromatic rings. The van der Waals surface area contributed by atoms with Gasteiger partial charge in [-0.25, -0.2) is 4.79 Å². The van der Waals surface area contributed by atoms with E-state index in [0.29, 0.717) is 13.0 Å². The van der Waals surface area contributed by atoms with Gasteiger partial charge in [0.1, 0.15) is 6.10 Å². The number of carbonyl (C=O) groups excluding carboxylic acids is 1. The van der Waals surface area contributed by atoms with Crippen molar-refractivity contribution in [2.45, 2.75) is 44.8 Å². The summed E-state index contributed by atoms with van der Waals surface area (Å²) in [5.74, 6) is -5.54. The molecule has 1 unspecified atom stereocenters. The Morgan fingerprint density at radius 3 is 1.70 bits per heavy atom. The molecule has 0 aliphatic carbocycles. The van der Waals surface area contributed by atoms with E-state index < -0.39 is 53.8 Å². The lowest BCUT2D eigenvalue weighted by Crippen LogP contribution is -2.45. The van der Waals surface area contributed by atoms with E-state index in [1.807, 2.05) is 0 Å². The number of aliphatic hydroxyl groups excluding tert-OH is 3. The molecule has 0 fully saturated rings. The van der Waals surface area contributed by atoms with Crippen LogP contribution in [0.2, 0.25) is 0 Å². The first-order valence-electron chi connectivity index (χ1n) is 7.80. The Hall–Kier alpha value is -2.28. The SMILES string of the molecule is CC(C)(CO)C(O)C(=O)NCCCO.O=C(O)CC(O)(CC(=O)O)C(=O)O. The minimum absolute atomic E-state index is 0.000230. The van der Waals surface area contributed by atoms with E-state index in [4.69, 9.17) is 30.6 Å². The Balaban J connectivity index is 0. The van der Waals surface area contributed by atoms with E-state index >= 15 is 0 Å². The van der Waals surface area contributed by atoms with Gasteiger partial charge in [0, 0.05) is 18.6 Å². The lowest BCUT2D eigenvalue weighted by molar-refractivity contribution is -0.170. The number of aliphatic hydroxyl groups is 4. The maximum Gasteiger partial charge on any atom is 0.336 e. The van der Waals surface area contributed by atoms with Gasteiger partial charge in [0.05, 0.1) is 19.4 Å². The van der Waals surface area contributed by atoms with Gasteiger partial charge in [-0.2, -0.15) is 0 Å². The lowest BCUT2D eigenvalue weighted by atomic mass is 9.87. The second-order valence-corrected chi connectivity index (χ2v) is 6.40. The smallest absolute Gasteiger partial charge is 0.336 e. The second-order valence-electron chi connectivity index (χ2n) is 6.40. The van der Waals surface area contributed by atoms with Gasteiger partial charge >= 0.3 is 17.9 Å². The zero-order chi connectivity index (χ0) is 21.8. The van der Waals surface area contributed by atoms with Crippen molar-refractivity contribution in [3.63, 3.8) is 0 Å². The van der Waals surface area contributed by atoms with Crippen LogP contribution in [0.5, 0.6) is 0 Å². The van der Waals surface area contributed by atoms with Crippen molar-refractivity contribution in [2.24, 2.45) is 5.41 Å². The van der Waals surface area contributed by atoms with Crippen molar-refractivity contribution in [2.75, 3.05) is 19.8 Å². The molecule has 0 aromatic heterocycles. The maximum atomic E-state index is 11.3. The van der Waals surface area contributed by atoms with E-state index in [2.05, 4.69) is 5.32 Å². The van der Waals surface area contributed by atoms with Crippen LogP contribution in [0.4, 0.5) is 0 Å². The lowest BCUT2D eigenvalue weighted by Gasteiger charge is -2.27. The number of rotatable bonds is 11. The summed E-state index contributed by atoms with van der Waals surface area (Å²) < 4.78 is 0. The summed E-state index contributed by atoms with van der Waals surface area (Å²) in [7, 11) is 0. The Morgan fingerprint density at radius 2 is 1.41 bits per heavy atom. The van der Waals surface area contributed by atoms with Gasteiger partial charge in [0.2, 0.25) is 5.91 Å². The molecular formula is C15H27NO11. The summed E-state index contributed by atoms with van der Waals surface area (Å²) in [5.41, 5.74) is -3.58. The predicted octanol–water partition coefficient (Wildman–Crippen LogP) is -2.38. The molecule has 0 aliphatic rings. The highest BCUT2D eigenvalue weighted by Gasteiger charge is 2.40. The first-order chi connectivity index (χ1) is 12.2. The number of carboxylic acids is 3. The van der Waals surface area contributed by atoms with Crippen molar-refractivity contribution in [1.82, 2.24) is 5.32 Å². The standard InChI is InChI=1S/C9H19NO4.C6H8O7/c1-9(2,6-12)7(13)8(14)10-4-3-5-11;7-3(8)1-6(13,5(11)12)2-4(9)10/h7,11-13H,3-6H2,1-2H3,(H,10,14);13H,1-2H2,(H,7,8)(H,9,10)(H,11,12). The van der Waals surface area contributed by atoms with Crippen LogP contribution in [0.15, 0.2) is 0 Å². The molecule has 0 saturated carbocycles. The number of hydrogen-bond donors (Lipinski definition) is 8. The molecule has 0 saturated heterocycles. The van der Waals surface area contributed by atoms with Gasteiger partial charge in [-0.05, 0) is 6.42 Å². The van der Waals surface area contributed by atoms with E-state index in [9.17, 15) is 24.3 Å².